The average molecular weight is 306 g/mol. The fraction of sp³-hybridized carbons (Fsp3) is 0.438. The van der Waals surface area contributed by atoms with Crippen molar-refractivity contribution < 1.29 is 4.74 Å². The SMILES string of the molecule is Cn1ccnc1CCOc1c(Cl)cccc1CNC1CC1. The van der Waals surface area contributed by atoms with E-state index in [0.29, 0.717) is 17.7 Å². The fourth-order valence-corrected chi connectivity index (χ4v) is 2.53. The zero-order valence-corrected chi connectivity index (χ0v) is 12.9. The second-order valence-corrected chi connectivity index (χ2v) is 5.84. The molecule has 1 saturated carbocycles. The van der Waals surface area contributed by atoms with Crippen molar-refractivity contribution >= 4 is 11.6 Å². The summed E-state index contributed by atoms with van der Waals surface area (Å²) in [4.78, 5) is 4.30. The first-order valence-corrected chi connectivity index (χ1v) is 7.71. The molecule has 0 bridgehead atoms. The van der Waals surface area contributed by atoms with Gasteiger partial charge in [-0.15, -0.1) is 0 Å². The van der Waals surface area contributed by atoms with E-state index in [1.807, 2.05) is 29.9 Å². The highest BCUT2D eigenvalue weighted by Crippen LogP contribution is 2.29. The lowest BCUT2D eigenvalue weighted by atomic mass is 10.2. The number of ether oxygens (including phenoxy) is 1. The van der Waals surface area contributed by atoms with Crippen LogP contribution in [0.5, 0.6) is 5.75 Å². The van der Waals surface area contributed by atoms with Crippen LogP contribution in [0.2, 0.25) is 5.02 Å². The van der Waals surface area contributed by atoms with Crippen molar-refractivity contribution in [3.63, 3.8) is 0 Å². The Labute approximate surface area is 130 Å². The molecule has 3 rings (SSSR count). The molecular formula is C16H20ClN3O. The van der Waals surface area contributed by atoms with Crippen molar-refractivity contribution in [2.24, 2.45) is 7.05 Å². The van der Waals surface area contributed by atoms with Crippen LogP contribution < -0.4 is 10.1 Å². The van der Waals surface area contributed by atoms with Crippen LogP contribution in [0.1, 0.15) is 24.2 Å². The van der Waals surface area contributed by atoms with Crippen molar-refractivity contribution in [2.75, 3.05) is 6.61 Å². The van der Waals surface area contributed by atoms with Crippen LogP contribution in [0.3, 0.4) is 0 Å². The van der Waals surface area contributed by atoms with E-state index in [4.69, 9.17) is 16.3 Å². The molecule has 0 spiro atoms. The second-order valence-electron chi connectivity index (χ2n) is 5.44. The van der Waals surface area contributed by atoms with E-state index in [-0.39, 0.29) is 0 Å². The van der Waals surface area contributed by atoms with E-state index < -0.39 is 0 Å². The Kier molecular flexibility index (Phi) is 4.46. The Morgan fingerprint density at radius 2 is 2.29 bits per heavy atom. The molecule has 112 valence electrons. The van der Waals surface area contributed by atoms with Crippen molar-refractivity contribution in [3.8, 4) is 5.75 Å². The predicted octanol–water partition coefficient (Wildman–Crippen LogP) is 2.95. The molecule has 1 aliphatic rings. The molecule has 21 heavy (non-hydrogen) atoms. The number of hydrogen-bond acceptors (Lipinski definition) is 3. The van der Waals surface area contributed by atoms with E-state index >= 15 is 0 Å². The molecule has 1 heterocycles. The minimum absolute atomic E-state index is 0.574. The summed E-state index contributed by atoms with van der Waals surface area (Å²) < 4.78 is 7.93. The summed E-state index contributed by atoms with van der Waals surface area (Å²) in [5.74, 6) is 1.81. The minimum atomic E-state index is 0.574. The first kappa shape index (κ1) is 14.4. The lowest BCUT2D eigenvalue weighted by molar-refractivity contribution is 0.313. The van der Waals surface area contributed by atoms with Crippen molar-refractivity contribution in [1.29, 1.82) is 0 Å². The third kappa shape index (κ3) is 3.77. The van der Waals surface area contributed by atoms with Gasteiger partial charge in [-0.2, -0.15) is 0 Å². The Balaban J connectivity index is 1.61. The number of imidazole rings is 1. The zero-order valence-electron chi connectivity index (χ0n) is 12.2. The lowest BCUT2D eigenvalue weighted by Gasteiger charge is -2.13. The Bertz CT molecular complexity index is 607. The van der Waals surface area contributed by atoms with E-state index in [2.05, 4.69) is 16.4 Å². The molecule has 0 amide bonds. The second kappa shape index (κ2) is 6.50. The number of aryl methyl sites for hydroxylation is 1. The maximum Gasteiger partial charge on any atom is 0.142 e. The number of nitrogens with zero attached hydrogens (tertiary/aromatic N) is 2. The summed E-state index contributed by atoms with van der Waals surface area (Å²) in [6, 6.07) is 6.58. The van der Waals surface area contributed by atoms with Crippen molar-refractivity contribution in [2.45, 2.75) is 31.8 Å². The van der Waals surface area contributed by atoms with Gasteiger partial charge in [0.1, 0.15) is 11.6 Å². The molecule has 0 unspecified atom stereocenters. The maximum atomic E-state index is 6.28. The molecule has 4 nitrogen and oxygen atoms in total. The van der Waals surface area contributed by atoms with Crippen LogP contribution in [-0.2, 0) is 20.0 Å². The number of halogens is 1. The molecule has 0 aliphatic heterocycles. The van der Waals surface area contributed by atoms with Gasteiger partial charge < -0.3 is 14.6 Å². The van der Waals surface area contributed by atoms with Crippen LogP contribution in [0.25, 0.3) is 0 Å². The quantitative estimate of drug-likeness (QED) is 0.855. The van der Waals surface area contributed by atoms with Crippen LogP contribution in [0.4, 0.5) is 0 Å². The summed E-state index contributed by atoms with van der Waals surface area (Å²) >= 11 is 6.28. The Morgan fingerprint density at radius 3 is 3.00 bits per heavy atom. The van der Waals surface area contributed by atoms with Crippen molar-refractivity contribution in [3.05, 3.63) is 47.0 Å². The van der Waals surface area contributed by atoms with E-state index in [0.717, 1.165) is 30.1 Å². The van der Waals surface area contributed by atoms with Crippen LogP contribution in [-0.4, -0.2) is 22.2 Å². The highest BCUT2D eigenvalue weighted by atomic mass is 35.5. The van der Waals surface area contributed by atoms with Gasteiger partial charge in [0.25, 0.3) is 0 Å². The molecule has 1 aliphatic carbocycles. The van der Waals surface area contributed by atoms with E-state index in [1.54, 1.807) is 6.20 Å². The topological polar surface area (TPSA) is 39.1 Å². The van der Waals surface area contributed by atoms with Gasteiger partial charge in [0.05, 0.1) is 11.6 Å². The lowest BCUT2D eigenvalue weighted by Crippen LogP contribution is -2.16. The van der Waals surface area contributed by atoms with Crippen LogP contribution in [0, 0.1) is 0 Å². The van der Waals surface area contributed by atoms with Gasteiger partial charge in [-0.25, -0.2) is 4.98 Å². The first-order chi connectivity index (χ1) is 10.2. The van der Waals surface area contributed by atoms with Crippen LogP contribution in [0.15, 0.2) is 30.6 Å². The largest absolute Gasteiger partial charge is 0.491 e. The molecule has 5 heteroatoms. The molecule has 0 radical (unpaired) electrons. The van der Waals surface area contributed by atoms with Gasteiger partial charge in [-0.1, -0.05) is 23.7 Å². The smallest absolute Gasteiger partial charge is 0.142 e. The average Bonchev–Trinajstić information content (AvgIpc) is 3.22. The molecule has 0 saturated heterocycles. The summed E-state index contributed by atoms with van der Waals surface area (Å²) in [6.45, 7) is 1.38. The minimum Gasteiger partial charge on any atom is -0.491 e. The number of hydrogen-bond donors (Lipinski definition) is 1. The molecule has 1 fully saturated rings. The number of nitrogens with one attached hydrogen (secondary N) is 1. The highest BCUT2D eigenvalue weighted by Gasteiger charge is 2.21. The number of aromatic nitrogens is 2. The van der Waals surface area contributed by atoms with Gasteiger partial charge in [0, 0.05) is 44.0 Å². The zero-order chi connectivity index (χ0) is 14.7. The van der Waals surface area contributed by atoms with Gasteiger partial charge in [-0.05, 0) is 18.9 Å². The standard InChI is InChI=1S/C16H20ClN3O/c1-20-9-8-18-15(20)7-10-21-16-12(3-2-4-14(16)17)11-19-13-5-6-13/h2-4,8-9,13,19H,5-7,10-11H2,1H3. The number of benzene rings is 1. The van der Waals surface area contributed by atoms with E-state index in [1.165, 1.54) is 12.8 Å². The first-order valence-electron chi connectivity index (χ1n) is 7.34. The predicted molar refractivity (Wildman–Crippen MR) is 83.7 cm³/mol. The fourth-order valence-electron chi connectivity index (χ4n) is 2.28. The molecular weight excluding hydrogens is 286 g/mol. The summed E-state index contributed by atoms with van der Waals surface area (Å²) in [6.07, 6.45) is 7.06. The summed E-state index contributed by atoms with van der Waals surface area (Å²) in [5.41, 5.74) is 1.12. The summed E-state index contributed by atoms with van der Waals surface area (Å²) in [7, 11) is 1.99. The van der Waals surface area contributed by atoms with Gasteiger partial charge in [0.15, 0.2) is 0 Å². The molecule has 0 atom stereocenters. The molecule has 1 aromatic carbocycles. The van der Waals surface area contributed by atoms with Gasteiger partial charge in [-0.3, -0.25) is 0 Å². The molecule has 1 aromatic heterocycles. The number of rotatable bonds is 7. The van der Waals surface area contributed by atoms with Gasteiger partial charge in [0.2, 0.25) is 0 Å². The highest BCUT2D eigenvalue weighted by molar-refractivity contribution is 6.32. The Morgan fingerprint density at radius 1 is 1.43 bits per heavy atom. The van der Waals surface area contributed by atoms with E-state index in [9.17, 15) is 0 Å². The third-order valence-corrected chi connectivity index (χ3v) is 4.00. The van der Waals surface area contributed by atoms with Gasteiger partial charge >= 0.3 is 0 Å². The maximum absolute atomic E-state index is 6.28. The third-order valence-electron chi connectivity index (χ3n) is 3.70. The monoisotopic (exact) mass is 305 g/mol. The van der Waals surface area contributed by atoms with Crippen LogP contribution >= 0.6 is 11.6 Å². The van der Waals surface area contributed by atoms with Crippen molar-refractivity contribution in [1.82, 2.24) is 14.9 Å². The Hall–Kier alpha value is -1.52. The molecule has 2 aromatic rings. The molecule has 1 N–H and O–H groups in total. The summed E-state index contributed by atoms with van der Waals surface area (Å²) in [5, 5.41) is 4.17. The number of para-hydroxylation sites is 1. The normalized spacial score (nSPS) is 14.4.